The molecule has 0 aliphatic carbocycles. The zero-order valence-electron chi connectivity index (χ0n) is 9.46. The fraction of sp³-hybridized carbons (Fsp3) is 0.417. The zero-order chi connectivity index (χ0) is 12.1. The second kappa shape index (κ2) is 5.75. The molecule has 1 aromatic rings. The van der Waals surface area contributed by atoms with Gasteiger partial charge in [0.2, 0.25) is 5.91 Å². The smallest absolute Gasteiger partial charge is 0.224 e. The number of nitrogens with one attached hydrogen (secondary N) is 1. The highest BCUT2D eigenvalue weighted by Crippen LogP contribution is 2.26. The summed E-state index contributed by atoms with van der Waals surface area (Å²) in [4.78, 5) is 11.6. The molecule has 0 saturated carbocycles. The normalized spacial score (nSPS) is 12.2. The second-order valence-electron chi connectivity index (χ2n) is 3.93. The average molecular weight is 242 g/mol. The van der Waals surface area contributed by atoms with Gasteiger partial charge in [0.25, 0.3) is 0 Å². The maximum Gasteiger partial charge on any atom is 0.224 e. The van der Waals surface area contributed by atoms with Gasteiger partial charge in [-0.05, 0) is 18.1 Å². The first-order chi connectivity index (χ1) is 7.52. The van der Waals surface area contributed by atoms with Crippen molar-refractivity contribution in [3.8, 4) is 5.75 Å². The van der Waals surface area contributed by atoms with Crippen LogP contribution in [0.15, 0.2) is 18.2 Å². The molecule has 0 spiro atoms. The topological polar surface area (TPSA) is 49.3 Å². The Balaban J connectivity index is 2.63. The SMILES string of the molecule is CCC(C)CC(=O)Nc1ccc(O)cc1Cl. The molecule has 4 heteroatoms. The van der Waals surface area contributed by atoms with Gasteiger partial charge in [-0.1, -0.05) is 31.9 Å². The molecule has 1 aromatic carbocycles. The third-order valence-electron chi connectivity index (χ3n) is 2.46. The summed E-state index contributed by atoms with van der Waals surface area (Å²) in [6.45, 7) is 4.07. The highest BCUT2D eigenvalue weighted by molar-refractivity contribution is 6.33. The fourth-order valence-corrected chi connectivity index (χ4v) is 1.49. The second-order valence-corrected chi connectivity index (χ2v) is 4.34. The number of carbonyl (C=O) groups is 1. The van der Waals surface area contributed by atoms with Crippen LogP contribution in [0.25, 0.3) is 0 Å². The Morgan fingerprint density at radius 3 is 2.81 bits per heavy atom. The molecule has 2 N–H and O–H groups in total. The highest BCUT2D eigenvalue weighted by Gasteiger charge is 2.09. The fourth-order valence-electron chi connectivity index (χ4n) is 1.27. The summed E-state index contributed by atoms with van der Waals surface area (Å²) >= 11 is 5.87. The summed E-state index contributed by atoms with van der Waals surface area (Å²) < 4.78 is 0. The van der Waals surface area contributed by atoms with Crippen LogP contribution < -0.4 is 5.32 Å². The van der Waals surface area contributed by atoms with Gasteiger partial charge in [-0.25, -0.2) is 0 Å². The number of rotatable bonds is 4. The summed E-state index contributed by atoms with van der Waals surface area (Å²) in [6.07, 6.45) is 1.45. The summed E-state index contributed by atoms with van der Waals surface area (Å²) in [6, 6.07) is 4.48. The van der Waals surface area contributed by atoms with Crippen molar-refractivity contribution < 1.29 is 9.90 Å². The Morgan fingerprint density at radius 2 is 2.25 bits per heavy atom. The van der Waals surface area contributed by atoms with Crippen LogP contribution in [0.2, 0.25) is 5.02 Å². The molecule has 0 aromatic heterocycles. The molecule has 0 radical (unpaired) electrons. The number of halogens is 1. The number of amides is 1. The minimum absolute atomic E-state index is 0.0538. The van der Waals surface area contributed by atoms with Crippen molar-refractivity contribution in [3.63, 3.8) is 0 Å². The number of benzene rings is 1. The van der Waals surface area contributed by atoms with Crippen LogP contribution in [0.1, 0.15) is 26.7 Å². The number of hydrogen-bond acceptors (Lipinski definition) is 2. The number of carbonyl (C=O) groups excluding carboxylic acids is 1. The van der Waals surface area contributed by atoms with E-state index in [4.69, 9.17) is 16.7 Å². The number of phenols is 1. The van der Waals surface area contributed by atoms with Crippen molar-refractivity contribution >= 4 is 23.2 Å². The van der Waals surface area contributed by atoms with E-state index in [1.54, 1.807) is 6.07 Å². The van der Waals surface area contributed by atoms with E-state index in [1.165, 1.54) is 12.1 Å². The van der Waals surface area contributed by atoms with E-state index in [0.29, 0.717) is 23.0 Å². The van der Waals surface area contributed by atoms with Gasteiger partial charge in [0.1, 0.15) is 5.75 Å². The highest BCUT2D eigenvalue weighted by atomic mass is 35.5. The van der Waals surface area contributed by atoms with Crippen molar-refractivity contribution in [2.45, 2.75) is 26.7 Å². The van der Waals surface area contributed by atoms with E-state index in [9.17, 15) is 4.79 Å². The van der Waals surface area contributed by atoms with Crippen molar-refractivity contribution in [1.29, 1.82) is 0 Å². The molecule has 88 valence electrons. The molecule has 0 saturated heterocycles. The third kappa shape index (κ3) is 3.74. The van der Waals surface area contributed by atoms with Gasteiger partial charge < -0.3 is 10.4 Å². The van der Waals surface area contributed by atoms with Crippen molar-refractivity contribution in [2.75, 3.05) is 5.32 Å². The van der Waals surface area contributed by atoms with Crippen LogP contribution >= 0.6 is 11.6 Å². The Labute approximate surface area is 100 Å². The van der Waals surface area contributed by atoms with Crippen LogP contribution in [0.3, 0.4) is 0 Å². The molecule has 1 atom stereocenters. The van der Waals surface area contributed by atoms with Crippen LogP contribution in [-0.4, -0.2) is 11.0 Å². The monoisotopic (exact) mass is 241 g/mol. The average Bonchev–Trinajstić information content (AvgIpc) is 2.22. The summed E-state index contributed by atoms with van der Waals surface area (Å²) in [5, 5.41) is 12.2. The number of anilines is 1. The first kappa shape index (κ1) is 12.8. The van der Waals surface area contributed by atoms with E-state index in [-0.39, 0.29) is 11.7 Å². The standard InChI is InChI=1S/C12H16ClNO2/c1-3-8(2)6-12(16)14-11-5-4-9(15)7-10(11)13/h4-5,7-8,15H,3,6H2,1-2H3,(H,14,16). The van der Waals surface area contributed by atoms with Gasteiger partial charge >= 0.3 is 0 Å². The quantitative estimate of drug-likeness (QED) is 0.794. The van der Waals surface area contributed by atoms with Crippen LogP contribution in [-0.2, 0) is 4.79 Å². The molecule has 0 bridgehead atoms. The molecule has 1 rings (SSSR count). The summed E-state index contributed by atoms with van der Waals surface area (Å²) in [5.41, 5.74) is 0.535. The first-order valence-electron chi connectivity index (χ1n) is 5.31. The first-order valence-corrected chi connectivity index (χ1v) is 5.69. The minimum atomic E-state index is -0.0538. The van der Waals surface area contributed by atoms with E-state index in [0.717, 1.165) is 6.42 Å². The lowest BCUT2D eigenvalue weighted by Crippen LogP contribution is -2.14. The number of phenolic OH excluding ortho intramolecular Hbond substituents is 1. The van der Waals surface area contributed by atoms with Gasteiger partial charge in [-0.2, -0.15) is 0 Å². The van der Waals surface area contributed by atoms with E-state index < -0.39 is 0 Å². The van der Waals surface area contributed by atoms with Gasteiger partial charge in [0.05, 0.1) is 10.7 Å². The molecule has 0 aliphatic heterocycles. The lowest BCUT2D eigenvalue weighted by Gasteiger charge is -2.10. The lowest BCUT2D eigenvalue weighted by molar-refractivity contribution is -0.117. The third-order valence-corrected chi connectivity index (χ3v) is 2.77. The maximum absolute atomic E-state index is 11.6. The van der Waals surface area contributed by atoms with Gasteiger partial charge in [0.15, 0.2) is 0 Å². The van der Waals surface area contributed by atoms with Crippen LogP contribution in [0.4, 0.5) is 5.69 Å². The van der Waals surface area contributed by atoms with E-state index >= 15 is 0 Å². The Morgan fingerprint density at radius 1 is 1.56 bits per heavy atom. The Hall–Kier alpha value is -1.22. The molecular weight excluding hydrogens is 226 g/mol. The molecule has 1 amide bonds. The predicted molar refractivity (Wildman–Crippen MR) is 65.8 cm³/mol. The van der Waals surface area contributed by atoms with Crippen molar-refractivity contribution in [2.24, 2.45) is 5.92 Å². The minimum Gasteiger partial charge on any atom is -0.508 e. The Bertz CT molecular complexity index is 379. The zero-order valence-corrected chi connectivity index (χ0v) is 10.2. The van der Waals surface area contributed by atoms with Crippen molar-refractivity contribution in [3.05, 3.63) is 23.2 Å². The van der Waals surface area contributed by atoms with Crippen molar-refractivity contribution in [1.82, 2.24) is 0 Å². The predicted octanol–water partition coefficient (Wildman–Crippen LogP) is 3.42. The molecule has 0 aliphatic rings. The molecule has 3 nitrogen and oxygen atoms in total. The van der Waals surface area contributed by atoms with Crippen LogP contribution in [0.5, 0.6) is 5.75 Å². The molecule has 1 unspecified atom stereocenters. The Kier molecular flexibility index (Phi) is 4.62. The maximum atomic E-state index is 11.6. The number of hydrogen-bond donors (Lipinski definition) is 2. The van der Waals surface area contributed by atoms with E-state index in [1.807, 2.05) is 13.8 Å². The molecule has 16 heavy (non-hydrogen) atoms. The molecule has 0 heterocycles. The molecule has 0 fully saturated rings. The van der Waals surface area contributed by atoms with Gasteiger partial charge in [-0.3, -0.25) is 4.79 Å². The van der Waals surface area contributed by atoms with Crippen LogP contribution in [0, 0.1) is 5.92 Å². The molecular formula is C12H16ClNO2. The van der Waals surface area contributed by atoms with Gasteiger partial charge in [-0.15, -0.1) is 0 Å². The summed E-state index contributed by atoms with van der Waals surface area (Å²) in [7, 11) is 0. The number of aromatic hydroxyl groups is 1. The van der Waals surface area contributed by atoms with E-state index in [2.05, 4.69) is 5.32 Å². The largest absolute Gasteiger partial charge is 0.508 e. The summed E-state index contributed by atoms with van der Waals surface area (Å²) in [5.74, 6) is 0.391. The lowest BCUT2D eigenvalue weighted by atomic mass is 10.1. The van der Waals surface area contributed by atoms with Gasteiger partial charge in [0, 0.05) is 12.5 Å².